The fraction of sp³-hybridized carbons (Fsp3) is 0.261. The number of aromatic nitrogens is 1. The first-order valence-corrected chi connectivity index (χ1v) is 12.1. The molecule has 0 aliphatic carbocycles. The zero-order valence-electron chi connectivity index (χ0n) is 18.0. The van der Waals surface area contributed by atoms with E-state index in [0.29, 0.717) is 17.9 Å². The number of rotatable bonds is 10. The number of amides is 1. The van der Waals surface area contributed by atoms with E-state index in [2.05, 4.69) is 26.1 Å². The van der Waals surface area contributed by atoms with Gasteiger partial charge in [0, 0.05) is 24.2 Å². The summed E-state index contributed by atoms with van der Waals surface area (Å²) in [5, 5.41) is 5.10. The minimum Gasteiger partial charge on any atom is -0.364 e. The molecule has 3 N–H and O–H groups in total. The maximum absolute atomic E-state index is 11.8. The van der Waals surface area contributed by atoms with E-state index in [0.717, 1.165) is 28.2 Å². The predicted molar refractivity (Wildman–Crippen MR) is 126 cm³/mol. The maximum atomic E-state index is 11.8. The number of benzene rings is 2. The normalized spacial score (nSPS) is 11.8. The summed E-state index contributed by atoms with van der Waals surface area (Å²) in [7, 11) is -2.77. The van der Waals surface area contributed by atoms with Crippen molar-refractivity contribution in [3.05, 3.63) is 76.8 Å². The van der Waals surface area contributed by atoms with Crippen molar-refractivity contribution in [1.29, 1.82) is 0 Å². The molecule has 9 heteroatoms. The molecule has 3 aromatic rings. The molecule has 0 atom stereocenters. The smallest absolute Gasteiger partial charge is 0.223 e. The standard InChI is InChI=1S/C23H27N3O5S/c1-17-19(12-14-24-23(27)13-15-31-25-28)16-22(26(17)20-6-4-3-5-7-20)18-8-10-21(11-9-18)32(2,29)30/h3-11,16,29-30H,12-15H2,1-2H3,(H,24,27). The van der Waals surface area contributed by atoms with Crippen molar-refractivity contribution in [1.82, 2.24) is 9.88 Å². The molecule has 0 spiro atoms. The van der Waals surface area contributed by atoms with Crippen LogP contribution in [0, 0.1) is 11.8 Å². The van der Waals surface area contributed by atoms with Crippen LogP contribution in [0.1, 0.15) is 17.7 Å². The number of carbonyl (C=O) groups is 1. The molecule has 3 rings (SSSR count). The molecule has 0 fully saturated rings. The quantitative estimate of drug-likeness (QED) is 0.227. The van der Waals surface area contributed by atoms with Gasteiger partial charge in [0.05, 0.1) is 17.0 Å². The van der Waals surface area contributed by atoms with Gasteiger partial charge in [-0.1, -0.05) is 30.3 Å². The molecule has 1 amide bonds. The van der Waals surface area contributed by atoms with Crippen molar-refractivity contribution in [3.63, 3.8) is 0 Å². The van der Waals surface area contributed by atoms with E-state index in [9.17, 15) is 18.8 Å². The van der Waals surface area contributed by atoms with E-state index < -0.39 is 10.6 Å². The first kappa shape index (κ1) is 23.5. The highest BCUT2D eigenvalue weighted by molar-refractivity contribution is 8.23. The largest absolute Gasteiger partial charge is 0.364 e. The molecule has 32 heavy (non-hydrogen) atoms. The topological polar surface area (TPSA) is 113 Å². The minimum atomic E-state index is -2.77. The molecule has 0 saturated carbocycles. The predicted octanol–water partition coefficient (Wildman–Crippen LogP) is 4.94. The van der Waals surface area contributed by atoms with E-state index in [1.165, 1.54) is 6.26 Å². The second kappa shape index (κ2) is 10.4. The van der Waals surface area contributed by atoms with Gasteiger partial charge in [0.25, 0.3) is 0 Å². The summed E-state index contributed by atoms with van der Waals surface area (Å²) < 4.78 is 22.0. The van der Waals surface area contributed by atoms with Gasteiger partial charge in [-0.05, 0) is 54.8 Å². The summed E-state index contributed by atoms with van der Waals surface area (Å²) >= 11 is 0. The molecule has 0 bridgehead atoms. The highest BCUT2D eigenvalue weighted by atomic mass is 32.3. The van der Waals surface area contributed by atoms with Crippen molar-refractivity contribution in [2.75, 3.05) is 19.4 Å². The summed E-state index contributed by atoms with van der Waals surface area (Å²) in [5.74, 6) is -0.205. The molecule has 0 aliphatic rings. The lowest BCUT2D eigenvalue weighted by molar-refractivity contribution is -0.122. The van der Waals surface area contributed by atoms with Crippen LogP contribution < -0.4 is 5.32 Å². The van der Waals surface area contributed by atoms with E-state index in [1.807, 2.05) is 49.4 Å². The molecule has 0 unspecified atom stereocenters. The van der Waals surface area contributed by atoms with Crippen molar-refractivity contribution in [3.8, 4) is 16.9 Å². The number of carbonyl (C=O) groups excluding carboxylic acids is 1. The Labute approximate surface area is 188 Å². The number of hydrogen-bond acceptors (Lipinski definition) is 6. The third kappa shape index (κ3) is 5.76. The van der Waals surface area contributed by atoms with Gasteiger partial charge < -0.3 is 14.7 Å². The highest BCUT2D eigenvalue weighted by Crippen LogP contribution is 2.44. The average Bonchev–Trinajstić information content (AvgIpc) is 3.10. The lowest BCUT2D eigenvalue weighted by Crippen LogP contribution is -2.26. The Morgan fingerprint density at radius 2 is 1.81 bits per heavy atom. The van der Waals surface area contributed by atoms with Crippen LogP contribution in [0.4, 0.5) is 0 Å². The van der Waals surface area contributed by atoms with Crippen LogP contribution in [-0.2, 0) is 16.1 Å². The van der Waals surface area contributed by atoms with Gasteiger partial charge in [0.2, 0.25) is 5.91 Å². The Morgan fingerprint density at radius 3 is 2.44 bits per heavy atom. The van der Waals surface area contributed by atoms with Gasteiger partial charge in [0.1, 0.15) is 6.61 Å². The summed E-state index contributed by atoms with van der Waals surface area (Å²) in [6.07, 6.45) is 2.11. The number of hydrogen-bond donors (Lipinski definition) is 3. The second-order valence-corrected chi connectivity index (χ2v) is 9.57. The van der Waals surface area contributed by atoms with Crippen LogP contribution in [0.25, 0.3) is 16.9 Å². The monoisotopic (exact) mass is 457 g/mol. The van der Waals surface area contributed by atoms with Gasteiger partial charge in [-0.25, -0.2) is 0 Å². The van der Waals surface area contributed by atoms with E-state index in [1.54, 1.807) is 12.1 Å². The van der Waals surface area contributed by atoms with Crippen LogP contribution >= 0.6 is 10.6 Å². The number of nitrogens with one attached hydrogen (secondary N) is 1. The first-order valence-electron chi connectivity index (χ1n) is 10.1. The van der Waals surface area contributed by atoms with Gasteiger partial charge >= 0.3 is 0 Å². The Hall–Kier alpha value is -3.14. The van der Waals surface area contributed by atoms with Crippen LogP contribution in [0.15, 0.2) is 70.9 Å². The van der Waals surface area contributed by atoms with Gasteiger partial charge in [-0.15, -0.1) is 4.91 Å². The van der Waals surface area contributed by atoms with Crippen LogP contribution in [-0.4, -0.2) is 39.0 Å². The van der Waals surface area contributed by atoms with Crippen LogP contribution in [0.5, 0.6) is 0 Å². The van der Waals surface area contributed by atoms with E-state index >= 15 is 0 Å². The average molecular weight is 458 g/mol. The zero-order chi connectivity index (χ0) is 23.1. The summed E-state index contributed by atoms with van der Waals surface area (Å²) in [5.41, 5.74) is 5.06. The minimum absolute atomic E-state index is 0.0403. The van der Waals surface area contributed by atoms with E-state index in [-0.39, 0.29) is 18.9 Å². The van der Waals surface area contributed by atoms with Gasteiger partial charge in [-0.2, -0.15) is 10.6 Å². The second-order valence-electron chi connectivity index (χ2n) is 7.43. The number of nitrogens with zero attached hydrogens (tertiary/aromatic N) is 2. The molecule has 0 radical (unpaired) electrons. The summed E-state index contributed by atoms with van der Waals surface area (Å²) in [6, 6.07) is 19.3. The van der Waals surface area contributed by atoms with Gasteiger partial charge in [0.15, 0.2) is 5.34 Å². The lowest BCUT2D eigenvalue weighted by Gasteiger charge is -2.26. The Morgan fingerprint density at radius 1 is 1.12 bits per heavy atom. The molecule has 1 heterocycles. The molecule has 0 saturated heterocycles. The van der Waals surface area contributed by atoms with E-state index in [4.69, 9.17) is 0 Å². The molecular weight excluding hydrogens is 430 g/mol. The first-order chi connectivity index (χ1) is 15.3. The van der Waals surface area contributed by atoms with Gasteiger partial charge in [-0.3, -0.25) is 13.9 Å². The fourth-order valence-corrected chi connectivity index (χ4v) is 4.17. The summed E-state index contributed by atoms with van der Waals surface area (Å²) in [6.45, 7) is 2.44. The fourth-order valence-electron chi connectivity index (χ4n) is 3.52. The molecule has 1 aromatic heterocycles. The molecule has 2 aromatic carbocycles. The molecule has 170 valence electrons. The van der Waals surface area contributed by atoms with Crippen molar-refractivity contribution >= 4 is 16.5 Å². The molecule has 0 aliphatic heterocycles. The lowest BCUT2D eigenvalue weighted by atomic mass is 10.1. The maximum Gasteiger partial charge on any atom is 0.223 e. The zero-order valence-corrected chi connectivity index (χ0v) is 18.8. The Bertz CT molecular complexity index is 1060. The third-order valence-electron chi connectivity index (χ3n) is 5.15. The Kier molecular flexibility index (Phi) is 7.68. The summed E-state index contributed by atoms with van der Waals surface area (Å²) in [4.78, 5) is 26.6. The van der Waals surface area contributed by atoms with Crippen LogP contribution in [0.2, 0.25) is 0 Å². The third-order valence-corrected chi connectivity index (χ3v) is 6.32. The van der Waals surface area contributed by atoms with Crippen molar-refractivity contribution < 1.29 is 18.7 Å². The number of para-hydroxylation sites is 1. The van der Waals surface area contributed by atoms with Crippen molar-refractivity contribution in [2.45, 2.75) is 24.7 Å². The Balaban J connectivity index is 1.86. The SMILES string of the molecule is Cc1c(CCNC(=O)CCON=O)cc(-c2ccc(S(C)(O)O)cc2)n1-c1ccccc1. The molecule has 8 nitrogen and oxygen atoms in total. The highest BCUT2D eigenvalue weighted by Gasteiger charge is 2.16. The van der Waals surface area contributed by atoms with Crippen molar-refractivity contribution in [2.24, 2.45) is 5.34 Å². The molecular formula is C23H27N3O5S. The van der Waals surface area contributed by atoms with Crippen LogP contribution in [0.3, 0.4) is 0 Å².